The highest BCUT2D eigenvalue weighted by atomic mass is 16.6. The van der Waals surface area contributed by atoms with Crippen molar-refractivity contribution >= 4 is 6.09 Å². The van der Waals surface area contributed by atoms with Crippen LogP contribution in [0, 0.1) is 0 Å². The minimum absolute atomic E-state index is 0.0658. The van der Waals surface area contributed by atoms with Crippen molar-refractivity contribution in [2.24, 2.45) is 5.73 Å². The van der Waals surface area contributed by atoms with Crippen LogP contribution in [0.1, 0.15) is 24.4 Å². The molecule has 16 heavy (non-hydrogen) atoms. The summed E-state index contributed by atoms with van der Waals surface area (Å²) in [6.45, 7) is 0.845. The molecule has 1 aliphatic rings. The van der Waals surface area contributed by atoms with E-state index >= 15 is 0 Å². The molecule has 2 rings (SSSR count). The minimum Gasteiger partial charge on any atom is -0.446 e. The van der Waals surface area contributed by atoms with E-state index < -0.39 is 6.09 Å². The van der Waals surface area contributed by atoms with Gasteiger partial charge in [-0.05, 0) is 18.5 Å². The first-order valence-electron chi connectivity index (χ1n) is 5.50. The summed E-state index contributed by atoms with van der Waals surface area (Å²) < 4.78 is 5.04. The molecule has 0 aliphatic carbocycles. The van der Waals surface area contributed by atoms with E-state index in [9.17, 15) is 4.79 Å². The van der Waals surface area contributed by atoms with Gasteiger partial charge in [-0.25, -0.2) is 4.79 Å². The molecule has 0 saturated carbocycles. The highest BCUT2D eigenvalue weighted by Crippen LogP contribution is 2.24. The Bertz CT molecular complexity index is 353. The summed E-state index contributed by atoms with van der Waals surface area (Å²) in [6, 6.07) is 10.4. The lowest BCUT2D eigenvalue weighted by atomic mass is 9.95. The summed E-state index contributed by atoms with van der Waals surface area (Å²) in [4.78, 5) is 10.7. The van der Waals surface area contributed by atoms with Crippen LogP contribution in [0.25, 0.3) is 0 Å². The zero-order chi connectivity index (χ0) is 11.4. The van der Waals surface area contributed by atoms with E-state index in [1.165, 1.54) is 5.56 Å². The molecule has 1 aromatic carbocycles. The molecule has 0 spiro atoms. The largest absolute Gasteiger partial charge is 0.446 e. The molecule has 0 radical (unpaired) electrons. The van der Waals surface area contributed by atoms with Crippen LogP contribution in [-0.2, 0) is 4.74 Å². The van der Waals surface area contributed by atoms with Crippen LogP contribution in [-0.4, -0.2) is 18.7 Å². The number of primary amides is 1. The van der Waals surface area contributed by atoms with E-state index in [-0.39, 0.29) is 12.1 Å². The Morgan fingerprint density at radius 1 is 1.38 bits per heavy atom. The molecule has 2 atom stereocenters. The van der Waals surface area contributed by atoms with Crippen molar-refractivity contribution in [1.82, 2.24) is 5.32 Å². The van der Waals surface area contributed by atoms with Crippen molar-refractivity contribution in [3.05, 3.63) is 35.9 Å². The van der Waals surface area contributed by atoms with Crippen LogP contribution in [0.15, 0.2) is 30.3 Å². The van der Waals surface area contributed by atoms with E-state index in [1.807, 2.05) is 18.2 Å². The molecule has 0 aromatic heterocycles. The summed E-state index contributed by atoms with van der Waals surface area (Å²) >= 11 is 0. The van der Waals surface area contributed by atoms with Gasteiger partial charge >= 0.3 is 6.09 Å². The molecule has 86 valence electrons. The van der Waals surface area contributed by atoms with Gasteiger partial charge in [0.05, 0.1) is 0 Å². The first-order chi connectivity index (χ1) is 7.75. The number of amides is 1. The summed E-state index contributed by atoms with van der Waals surface area (Å²) in [5.74, 6) is 0. The Kier molecular flexibility index (Phi) is 3.41. The Hall–Kier alpha value is -1.55. The average molecular weight is 220 g/mol. The highest BCUT2D eigenvalue weighted by Gasteiger charge is 2.24. The highest BCUT2D eigenvalue weighted by molar-refractivity contribution is 5.64. The summed E-state index contributed by atoms with van der Waals surface area (Å²) in [5.41, 5.74) is 6.25. The molecule has 1 heterocycles. The van der Waals surface area contributed by atoms with Gasteiger partial charge < -0.3 is 15.8 Å². The second-order valence-electron chi connectivity index (χ2n) is 4.00. The third kappa shape index (κ3) is 2.73. The molecule has 0 bridgehead atoms. The number of hydrogen-bond donors (Lipinski definition) is 2. The molecule has 4 nitrogen and oxygen atoms in total. The fraction of sp³-hybridized carbons (Fsp3) is 0.417. The van der Waals surface area contributed by atoms with Crippen LogP contribution in [0.4, 0.5) is 4.79 Å². The number of benzene rings is 1. The van der Waals surface area contributed by atoms with Gasteiger partial charge in [-0.3, -0.25) is 0 Å². The fourth-order valence-electron chi connectivity index (χ4n) is 2.09. The molecular formula is C12H16N2O2. The van der Waals surface area contributed by atoms with E-state index in [4.69, 9.17) is 10.5 Å². The SMILES string of the molecule is NC(=O)O[C@@H]1CCN[C@H](c2ccccc2)C1. The van der Waals surface area contributed by atoms with Gasteiger partial charge in [0.25, 0.3) is 0 Å². The zero-order valence-corrected chi connectivity index (χ0v) is 9.06. The number of carbonyl (C=O) groups excluding carboxylic acids is 1. The summed E-state index contributed by atoms with van der Waals surface area (Å²) in [5, 5.41) is 3.41. The second-order valence-corrected chi connectivity index (χ2v) is 4.00. The first kappa shape index (κ1) is 11.0. The van der Waals surface area contributed by atoms with Crippen molar-refractivity contribution in [2.45, 2.75) is 25.0 Å². The molecule has 4 heteroatoms. The molecule has 1 fully saturated rings. The average Bonchev–Trinajstić information content (AvgIpc) is 2.30. The van der Waals surface area contributed by atoms with Gasteiger partial charge in [0.15, 0.2) is 0 Å². The molecule has 1 aromatic rings. The smallest absolute Gasteiger partial charge is 0.404 e. The molecule has 1 saturated heterocycles. The van der Waals surface area contributed by atoms with Gasteiger partial charge in [0, 0.05) is 12.5 Å². The zero-order valence-electron chi connectivity index (χ0n) is 9.06. The molecule has 0 unspecified atom stereocenters. The minimum atomic E-state index is -0.682. The van der Waals surface area contributed by atoms with E-state index in [2.05, 4.69) is 17.4 Å². The number of hydrogen-bond acceptors (Lipinski definition) is 3. The molecular weight excluding hydrogens is 204 g/mol. The maximum Gasteiger partial charge on any atom is 0.404 e. The van der Waals surface area contributed by atoms with Crippen molar-refractivity contribution in [1.29, 1.82) is 0 Å². The normalized spacial score (nSPS) is 25.0. The summed E-state index contributed by atoms with van der Waals surface area (Å²) in [6.07, 6.45) is 0.863. The monoisotopic (exact) mass is 220 g/mol. The van der Waals surface area contributed by atoms with Crippen LogP contribution in [0.2, 0.25) is 0 Å². The van der Waals surface area contributed by atoms with E-state index in [0.29, 0.717) is 0 Å². The van der Waals surface area contributed by atoms with Gasteiger partial charge in [0.1, 0.15) is 6.10 Å². The third-order valence-corrected chi connectivity index (χ3v) is 2.84. The van der Waals surface area contributed by atoms with Gasteiger partial charge in [-0.15, -0.1) is 0 Å². The van der Waals surface area contributed by atoms with E-state index in [1.54, 1.807) is 0 Å². The Morgan fingerprint density at radius 2 is 2.12 bits per heavy atom. The van der Waals surface area contributed by atoms with Crippen LogP contribution < -0.4 is 11.1 Å². The predicted octanol–water partition coefficient (Wildman–Crippen LogP) is 1.57. The maximum atomic E-state index is 10.7. The van der Waals surface area contributed by atoms with Crippen molar-refractivity contribution in [2.75, 3.05) is 6.54 Å². The number of ether oxygens (including phenoxy) is 1. The number of nitrogens with two attached hydrogens (primary N) is 1. The first-order valence-corrected chi connectivity index (χ1v) is 5.50. The topological polar surface area (TPSA) is 64.4 Å². The molecule has 1 aliphatic heterocycles. The lowest BCUT2D eigenvalue weighted by Crippen LogP contribution is -2.37. The Morgan fingerprint density at radius 3 is 2.81 bits per heavy atom. The predicted molar refractivity (Wildman–Crippen MR) is 60.9 cm³/mol. The van der Waals surface area contributed by atoms with Crippen molar-refractivity contribution in [3.63, 3.8) is 0 Å². The standard InChI is InChI=1S/C12H16N2O2/c13-12(15)16-10-6-7-14-11(8-10)9-4-2-1-3-5-9/h1-5,10-11,14H,6-8H2,(H2,13,15)/t10-,11+/m1/s1. The van der Waals surface area contributed by atoms with Crippen LogP contribution in [0.3, 0.4) is 0 Å². The third-order valence-electron chi connectivity index (χ3n) is 2.84. The Balaban J connectivity index is 1.99. The maximum absolute atomic E-state index is 10.7. The van der Waals surface area contributed by atoms with E-state index in [0.717, 1.165) is 19.4 Å². The number of nitrogens with one attached hydrogen (secondary N) is 1. The second kappa shape index (κ2) is 4.99. The quantitative estimate of drug-likeness (QED) is 0.795. The number of carbonyl (C=O) groups is 1. The van der Waals surface area contributed by atoms with Crippen molar-refractivity contribution in [3.8, 4) is 0 Å². The van der Waals surface area contributed by atoms with Crippen molar-refractivity contribution < 1.29 is 9.53 Å². The van der Waals surface area contributed by atoms with Crippen LogP contribution in [0.5, 0.6) is 0 Å². The fourth-order valence-corrected chi connectivity index (χ4v) is 2.09. The number of piperidine rings is 1. The summed E-state index contributed by atoms with van der Waals surface area (Å²) in [7, 11) is 0. The lowest BCUT2D eigenvalue weighted by molar-refractivity contribution is 0.0755. The van der Waals surface area contributed by atoms with Gasteiger partial charge in [-0.2, -0.15) is 0 Å². The van der Waals surface area contributed by atoms with Gasteiger partial charge in [-0.1, -0.05) is 30.3 Å². The van der Waals surface area contributed by atoms with Crippen LogP contribution >= 0.6 is 0 Å². The molecule has 3 N–H and O–H groups in total. The lowest BCUT2D eigenvalue weighted by Gasteiger charge is -2.29. The Labute approximate surface area is 94.8 Å². The van der Waals surface area contributed by atoms with Gasteiger partial charge in [0.2, 0.25) is 0 Å². The number of rotatable bonds is 2. The molecule has 1 amide bonds.